The molecule has 164 valence electrons. The van der Waals surface area contributed by atoms with Crippen LogP contribution >= 0.6 is 11.8 Å². The molecule has 0 bridgehead atoms. The molecule has 3 aromatic carbocycles. The van der Waals surface area contributed by atoms with Crippen LogP contribution in [0.25, 0.3) is 22.4 Å². The quantitative estimate of drug-likeness (QED) is 0.278. The number of methoxy groups -OCH3 is 1. The Morgan fingerprint density at radius 3 is 2.36 bits per heavy atom. The molecule has 1 unspecified atom stereocenters. The molecule has 0 aliphatic rings. The maximum atomic E-state index is 13.4. The second kappa shape index (κ2) is 8.55. The number of nitrogens with zero attached hydrogens (tertiary/aromatic N) is 4. The van der Waals surface area contributed by atoms with Crippen molar-refractivity contribution in [2.24, 2.45) is 0 Å². The van der Waals surface area contributed by atoms with Crippen LogP contribution in [0.1, 0.15) is 17.3 Å². The highest BCUT2D eigenvalue weighted by Crippen LogP contribution is 2.28. The summed E-state index contributed by atoms with van der Waals surface area (Å²) in [6, 6.07) is 23.7. The molecule has 2 heterocycles. The summed E-state index contributed by atoms with van der Waals surface area (Å²) < 4.78 is 8.61. The third kappa shape index (κ3) is 3.68. The third-order valence-corrected chi connectivity index (χ3v) is 6.48. The van der Waals surface area contributed by atoms with Crippen molar-refractivity contribution in [3.8, 4) is 11.4 Å². The first-order valence-corrected chi connectivity index (χ1v) is 11.3. The molecule has 8 heteroatoms. The molecule has 7 nitrogen and oxygen atoms in total. The molecule has 0 aliphatic heterocycles. The summed E-state index contributed by atoms with van der Waals surface area (Å²) in [7, 11) is 1.59. The molecule has 0 saturated heterocycles. The Labute approximate surface area is 193 Å². The van der Waals surface area contributed by atoms with E-state index < -0.39 is 0 Å². The number of rotatable bonds is 6. The first kappa shape index (κ1) is 21.0. The van der Waals surface area contributed by atoms with E-state index >= 15 is 0 Å². The number of ketones is 1. The molecular formula is C25H20N4O3S. The number of carbonyl (C=O) groups is 1. The van der Waals surface area contributed by atoms with Gasteiger partial charge < -0.3 is 4.74 Å². The number of thioether (sulfide) groups is 1. The van der Waals surface area contributed by atoms with E-state index in [2.05, 4.69) is 10.2 Å². The van der Waals surface area contributed by atoms with Crippen molar-refractivity contribution < 1.29 is 9.53 Å². The van der Waals surface area contributed by atoms with Gasteiger partial charge in [-0.2, -0.15) is 0 Å². The lowest BCUT2D eigenvalue weighted by Gasteiger charge is -2.13. The van der Waals surface area contributed by atoms with E-state index in [-0.39, 0.29) is 16.6 Å². The molecule has 2 aromatic heterocycles. The highest BCUT2D eigenvalue weighted by molar-refractivity contribution is 8.00. The minimum Gasteiger partial charge on any atom is -0.497 e. The first-order valence-electron chi connectivity index (χ1n) is 10.4. The predicted molar refractivity (Wildman–Crippen MR) is 129 cm³/mol. The van der Waals surface area contributed by atoms with Crippen LogP contribution in [0.3, 0.4) is 0 Å². The maximum Gasteiger partial charge on any atom is 0.267 e. The van der Waals surface area contributed by atoms with Crippen molar-refractivity contribution in [1.29, 1.82) is 0 Å². The molecule has 33 heavy (non-hydrogen) atoms. The Morgan fingerprint density at radius 1 is 0.939 bits per heavy atom. The van der Waals surface area contributed by atoms with Crippen LogP contribution in [0.4, 0.5) is 0 Å². The minimum absolute atomic E-state index is 0.00475. The molecule has 0 spiro atoms. The van der Waals surface area contributed by atoms with Gasteiger partial charge in [0.05, 0.1) is 29.0 Å². The fourth-order valence-electron chi connectivity index (χ4n) is 3.77. The number of fused-ring (bicyclic) bond motifs is 3. The Kier molecular flexibility index (Phi) is 5.43. The van der Waals surface area contributed by atoms with Crippen molar-refractivity contribution in [3.05, 3.63) is 94.8 Å². The summed E-state index contributed by atoms with van der Waals surface area (Å²) in [5, 5.41) is 9.39. The fraction of sp³-hybridized carbons (Fsp3) is 0.120. The highest BCUT2D eigenvalue weighted by atomic mass is 32.2. The third-order valence-electron chi connectivity index (χ3n) is 5.44. The zero-order valence-corrected chi connectivity index (χ0v) is 18.8. The van der Waals surface area contributed by atoms with Crippen molar-refractivity contribution >= 4 is 34.2 Å². The number of carbonyl (C=O) groups excluding carboxylic acids is 1. The van der Waals surface area contributed by atoms with Crippen LogP contribution in [0.5, 0.6) is 5.75 Å². The zero-order chi connectivity index (χ0) is 22.9. The van der Waals surface area contributed by atoms with E-state index in [1.54, 1.807) is 49.6 Å². The lowest BCUT2D eigenvalue weighted by Crippen LogP contribution is -2.22. The van der Waals surface area contributed by atoms with Crippen molar-refractivity contribution in [2.45, 2.75) is 17.3 Å². The number of hydrogen-bond donors (Lipinski definition) is 0. The topological polar surface area (TPSA) is 78.5 Å². The van der Waals surface area contributed by atoms with E-state index in [1.807, 2.05) is 47.7 Å². The minimum atomic E-state index is -0.389. The van der Waals surface area contributed by atoms with Gasteiger partial charge in [-0.1, -0.05) is 54.2 Å². The average molecular weight is 457 g/mol. The fourth-order valence-corrected chi connectivity index (χ4v) is 4.70. The number of Topliss-reactive ketones (excluding diaryl/α,β-unsaturated/α-hetero) is 1. The van der Waals surface area contributed by atoms with Crippen LogP contribution in [0.15, 0.2) is 88.8 Å². The van der Waals surface area contributed by atoms with Gasteiger partial charge in [-0.05, 0) is 43.3 Å². The van der Waals surface area contributed by atoms with Gasteiger partial charge in [-0.25, -0.2) is 4.57 Å². The van der Waals surface area contributed by atoms with E-state index in [1.165, 1.54) is 16.3 Å². The van der Waals surface area contributed by atoms with Crippen LogP contribution in [0, 0.1) is 0 Å². The Balaban J connectivity index is 1.67. The van der Waals surface area contributed by atoms with Crippen LogP contribution in [0.2, 0.25) is 0 Å². The van der Waals surface area contributed by atoms with E-state index in [4.69, 9.17) is 4.74 Å². The molecular weight excluding hydrogens is 436 g/mol. The Hall–Kier alpha value is -3.91. The Morgan fingerprint density at radius 2 is 1.64 bits per heavy atom. The molecule has 0 aliphatic carbocycles. The predicted octanol–water partition coefficient (Wildman–Crippen LogP) is 4.41. The first-order chi connectivity index (χ1) is 16.1. The number of benzene rings is 3. The smallest absolute Gasteiger partial charge is 0.267 e. The SMILES string of the molecule is COc1ccc(-n2c(=O)c3ccccc3n3c(SC(C)C(=O)c4ccccc4)nnc23)cc1. The number of ether oxygens (including phenoxy) is 1. The molecule has 0 amide bonds. The zero-order valence-electron chi connectivity index (χ0n) is 18.0. The summed E-state index contributed by atoms with van der Waals surface area (Å²) in [6.45, 7) is 1.85. The number of aromatic nitrogens is 4. The van der Waals surface area contributed by atoms with E-state index in [0.717, 1.165) is 0 Å². The van der Waals surface area contributed by atoms with Gasteiger partial charge in [-0.3, -0.25) is 14.0 Å². The standard InChI is InChI=1S/C25H20N4O3S/c1-16(22(30)17-8-4-3-5-9-17)33-25-27-26-24-28(18-12-14-19(32-2)15-13-18)23(31)20-10-6-7-11-21(20)29(24)25/h3-16H,1-2H3. The molecule has 5 aromatic rings. The van der Waals surface area contributed by atoms with E-state index in [0.29, 0.717) is 38.8 Å². The summed E-state index contributed by atoms with van der Waals surface area (Å²) in [5.41, 5.74) is 1.79. The van der Waals surface area contributed by atoms with Crippen molar-refractivity contribution in [1.82, 2.24) is 19.2 Å². The number of hydrogen-bond acceptors (Lipinski definition) is 6. The second-order valence-electron chi connectivity index (χ2n) is 7.46. The molecule has 5 rings (SSSR count). The maximum absolute atomic E-state index is 13.4. The summed E-state index contributed by atoms with van der Waals surface area (Å²) >= 11 is 1.32. The molecule has 0 saturated carbocycles. The molecule has 0 fully saturated rings. The summed E-state index contributed by atoms with van der Waals surface area (Å²) in [6.07, 6.45) is 0. The molecule has 0 radical (unpaired) electrons. The van der Waals surface area contributed by atoms with Crippen molar-refractivity contribution in [2.75, 3.05) is 7.11 Å². The lowest BCUT2D eigenvalue weighted by molar-refractivity contribution is 0.0994. The molecule has 1 atom stereocenters. The van der Waals surface area contributed by atoms with Crippen LogP contribution in [-0.2, 0) is 0 Å². The Bertz CT molecular complexity index is 1530. The second-order valence-corrected chi connectivity index (χ2v) is 8.77. The highest BCUT2D eigenvalue weighted by Gasteiger charge is 2.22. The summed E-state index contributed by atoms with van der Waals surface area (Å²) in [4.78, 5) is 26.3. The van der Waals surface area contributed by atoms with E-state index in [9.17, 15) is 9.59 Å². The largest absolute Gasteiger partial charge is 0.497 e. The lowest BCUT2D eigenvalue weighted by atomic mass is 10.1. The van der Waals surface area contributed by atoms with Gasteiger partial charge in [0.15, 0.2) is 10.9 Å². The van der Waals surface area contributed by atoms with Crippen LogP contribution < -0.4 is 10.3 Å². The van der Waals surface area contributed by atoms with Crippen molar-refractivity contribution in [3.63, 3.8) is 0 Å². The van der Waals surface area contributed by atoms with Gasteiger partial charge in [0.1, 0.15) is 5.75 Å². The van der Waals surface area contributed by atoms with Crippen LogP contribution in [-0.4, -0.2) is 37.3 Å². The van der Waals surface area contributed by atoms with Gasteiger partial charge in [0, 0.05) is 5.56 Å². The van der Waals surface area contributed by atoms with Gasteiger partial charge >= 0.3 is 0 Å². The number of para-hydroxylation sites is 1. The average Bonchev–Trinajstić information content (AvgIpc) is 3.27. The van der Waals surface area contributed by atoms with Gasteiger partial charge in [0.2, 0.25) is 5.78 Å². The van der Waals surface area contributed by atoms with Gasteiger partial charge in [0.25, 0.3) is 5.56 Å². The normalized spacial score (nSPS) is 12.2. The molecule has 0 N–H and O–H groups in total. The summed E-state index contributed by atoms with van der Waals surface area (Å²) in [5.74, 6) is 1.07. The van der Waals surface area contributed by atoms with Gasteiger partial charge in [-0.15, -0.1) is 10.2 Å². The monoisotopic (exact) mass is 456 g/mol.